The number of benzene rings is 1. The highest BCUT2D eigenvalue weighted by molar-refractivity contribution is 8.01. The molecule has 0 atom stereocenters. The van der Waals surface area contributed by atoms with E-state index < -0.39 is 0 Å². The lowest BCUT2D eigenvalue weighted by Gasteiger charge is -2.42. The molecule has 0 bridgehead atoms. The molecule has 1 fully saturated rings. The highest BCUT2D eigenvalue weighted by atomic mass is 32.2. The van der Waals surface area contributed by atoms with Crippen LogP contribution in [0.5, 0.6) is 0 Å². The smallest absolute Gasteiger partial charge is 0.319 e. The molecule has 1 saturated heterocycles. The Morgan fingerprint density at radius 2 is 1.97 bits per heavy atom. The number of thioether (sulfide) groups is 1. The molecule has 194 valence electrons. The molecule has 0 unspecified atom stereocenters. The monoisotopic (exact) mass is 538 g/mol. The van der Waals surface area contributed by atoms with Crippen LogP contribution in [0.1, 0.15) is 75.7 Å². The van der Waals surface area contributed by atoms with Gasteiger partial charge in [-0.1, -0.05) is 0 Å². The number of rotatable bonds is 3. The number of nitrogens with zero attached hydrogens (tertiary/aromatic N) is 2. The molecular weight excluding hydrogens is 508 g/mol. The fourth-order valence-electron chi connectivity index (χ4n) is 4.92. The Morgan fingerprint density at radius 3 is 2.62 bits per heavy atom. The summed E-state index contributed by atoms with van der Waals surface area (Å²) in [5.41, 5.74) is 3.38. The molecular formula is C27H30N4O4S2. The first-order valence-corrected chi connectivity index (χ1v) is 14.1. The number of Topliss-reactive ketones (excluding diaryl/α,β-unsaturated/α-hetero) is 2. The van der Waals surface area contributed by atoms with E-state index in [2.05, 4.69) is 16.7 Å². The SMILES string of the molecule is CCNC(=O)Nc1sc2c(c1C)CCCC2=O.N#Cc1ccc2c(c1)C(=O)CC1(CCN(C=O)CC1)S2. The molecule has 3 heterocycles. The highest BCUT2D eigenvalue weighted by Gasteiger charge is 2.41. The second kappa shape index (κ2) is 11.5. The van der Waals surface area contributed by atoms with Crippen molar-refractivity contribution in [3.05, 3.63) is 45.3 Å². The first-order chi connectivity index (χ1) is 17.8. The molecule has 1 aromatic heterocycles. The second-order valence-corrected chi connectivity index (χ2v) is 12.0. The summed E-state index contributed by atoms with van der Waals surface area (Å²) in [7, 11) is 0. The Labute approximate surface area is 224 Å². The Balaban J connectivity index is 0.000000176. The summed E-state index contributed by atoms with van der Waals surface area (Å²) < 4.78 is -0.0717. The number of carbonyl (C=O) groups is 4. The van der Waals surface area contributed by atoms with Gasteiger partial charge in [-0.05, 0) is 68.9 Å². The summed E-state index contributed by atoms with van der Waals surface area (Å²) in [6.07, 6.45) is 5.59. The van der Waals surface area contributed by atoms with E-state index in [1.165, 1.54) is 11.3 Å². The topological polar surface area (TPSA) is 119 Å². The van der Waals surface area contributed by atoms with Gasteiger partial charge >= 0.3 is 6.03 Å². The van der Waals surface area contributed by atoms with Gasteiger partial charge < -0.3 is 10.2 Å². The van der Waals surface area contributed by atoms with Crippen molar-refractivity contribution in [2.45, 2.75) is 62.0 Å². The van der Waals surface area contributed by atoms with E-state index in [0.717, 1.165) is 71.1 Å². The van der Waals surface area contributed by atoms with Crippen LogP contribution < -0.4 is 10.6 Å². The Hall–Kier alpha value is -3.16. The van der Waals surface area contributed by atoms with Crippen LogP contribution in [0.3, 0.4) is 0 Å². The number of nitriles is 1. The standard InChI is InChI=1S/C15H14N2O2S.C12H16N2O2S/c16-9-11-1-2-14-12(7-11)13(19)8-15(20-14)3-5-17(10-18)6-4-15;1-3-13-12(16)14-11-7(2)8-5-4-6-9(15)10(8)17-11/h1-2,7,10H,3-6,8H2;3-6H2,1-2H3,(H2,13,14,16). The number of amides is 3. The van der Waals surface area contributed by atoms with E-state index in [-0.39, 0.29) is 22.3 Å². The molecule has 2 N–H and O–H groups in total. The maximum atomic E-state index is 12.4. The Morgan fingerprint density at radius 1 is 1.22 bits per heavy atom. The minimum Gasteiger partial charge on any atom is -0.345 e. The second-order valence-electron chi connectivity index (χ2n) is 9.47. The van der Waals surface area contributed by atoms with Gasteiger partial charge in [0, 0.05) is 47.7 Å². The number of anilines is 1. The summed E-state index contributed by atoms with van der Waals surface area (Å²) in [5, 5.41) is 15.2. The molecule has 1 spiro atoms. The zero-order chi connectivity index (χ0) is 26.6. The summed E-state index contributed by atoms with van der Waals surface area (Å²) in [5.74, 6) is 0.332. The molecule has 3 amide bonds. The first kappa shape index (κ1) is 26.9. The van der Waals surface area contributed by atoms with E-state index in [1.807, 2.05) is 19.9 Å². The number of fused-ring (bicyclic) bond motifs is 2. The highest BCUT2D eigenvalue weighted by Crippen LogP contribution is 2.49. The summed E-state index contributed by atoms with van der Waals surface area (Å²) in [4.78, 5) is 49.9. The van der Waals surface area contributed by atoms with Gasteiger partial charge in [-0.2, -0.15) is 5.26 Å². The lowest BCUT2D eigenvalue weighted by atomic mass is 9.88. The van der Waals surface area contributed by atoms with Crippen LogP contribution in [0.4, 0.5) is 9.80 Å². The van der Waals surface area contributed by atoms with Gasteiger partial charge in [0.25, 0.3) is 0 Å². The van der Waals surface area contributed by atoms with E-state index >= 15 is 0 Å². The average molecular weight is 539 g/mol. The number of hydrogen-bond acceptors (Lipinski definition) is 7. The van der Waals surface area contributed by atoms with Crippen molar-refractivity contribution in [1.82, 2.24) is 10.2 Å². The first-order valence-electron chi connectivity index (χ1n) is 12.4. The zero-order valence-corrected chi connectivity index (χ0v) is 22.7. The van der Waals surface area contributed by atoms with Crippen molar-refractivity contribution in [1.29, 1.82) is 5.26 Å². The number of urea groups is 1. The number of thiophene rings is 1. The summed E-state index contributed by atoms with van der Waals surface area (Å²) in [6.45, 7) is 5.87. The van der Waals surface area contributed by atoms with Crippen LogP contribution in [0, 0.1) is 18.3 Å². The van der Waals surface area contributed by atoms with Crippen LogP contribution in [0.25, 0.3) is 0 Å². The third-order valence-electron chi connectivity index (χ3n) is 7.00. The third-order valence-corrected chi connectivity index (χ3v) is 9.85. The van der Waals surface area contributed by atoms with Gasteiger partial charge in [0.05, 0.1) is 16.5 Å². The molecule has 0 radical (unpaired) electrons. The van der Waals surface area contributed by atoms with Crippen molar-refractivity contribution in [3.63, 3.8) is 0 Å². The van der Waals surface area contributed by atoms with Crippen LogP contribution >= 0.6 is 23.1 Å². The molecule has 2 aliphatic heterocycles. The van der Waals surface area contributed by atoms with E-state index in [1.54, 1.807) is 28.8 Å². The van der Waals surface area contributed by atoms with Crippen molar-refractivity contribution in [3.8, 4) is 6.07 Å². The van der Waals surface area contributed by atoms with Crippen LogP contribution in [0.2, 0.25) is 0 Å². The number of likely N-dealkylation sites (tertiary alicyclic amines) is 1. The summed E-state index contributed by atoms with van der Waals surface area (Å²) in [6, 6.07) is 7.20. The summed E-state index contributed by atoms with van der Waals surface area (Å²) >= 11 is 3.15. The van der Waals surface area contributed by atoms with Crippen molar-refractivity contribution in [2.24, 2.45) is 0 Å². The Kier molecular flexibility index (Phi) is 8.35. The number of hydrogen-bond donors (Lipinski definition) is 2. The largest absolute Gasteiger partial charge is 0.345 e. The van der Waals surface area contributed by atoms with Gasteiger partial charge in [0.1, 0.15) is 5.00 Å². The predicted octanol–water partition coefficient (Wildman–Crippen LogP) is 4.94. The van der Waals surface area contributed by atoms with Gasteiger partial charge in [-0.3, -0.25) is 19.7 Å². The maximum absolute atomic E-state index is 12.4. The van der Waals surface area contributed by atoms with Crippen molar-refractivity contribution >= 4 is 52.1 Å². The van der Waals surface area contributed by atoms with Crippen LogP contribution in [0.15, 0.2) is 23.1 Å². The normalized spacial score (nSPS) is 17.6. The van der Waals surface area contributed by atoms with E-state index in [4.69, 9.17) is 5.26 Å². The maximum Gasteiger partial charge on any atom is 0.319 e. The molecule has 1 aromatic carbocycles. The molecule has 0 saturated carbocycles. The average Bonchev–Trinajstić information content (AvgIpc) is 3.21. The minimum absolute atomic E-state index is 0.0717. The lowest BCUT2D eigenvalue weighted by Crippen LogP contribution is -2.44. The van der Waals surface area contributed by atoms with Gasteiger partial charge in [0.15, 0.2) is 11.6 Å². The quantitative estimate of drug-likeness (QED) is 0.534. The zero-order valence-electron chi connectivity index (χ0n) is 21.0. The van der Waals surface area contributed by atoms with Crippen molar-refractivity contribution < 1.29 is 19.2 Å². The molecule has 1 aliphatic carbocycles. The van der Waals surface area contributed by atoms with Crippen molar-refractivity contribution in [2.75, 3.05) is 25.0 Å². The predicted molar refractivity (Wildman–Crippen MR) is 145 cm³/mol. The van der Waals surface area contributed by atoms with E-state index in [9.17, 15) is 19.2 Å². The van der Waals surface area contributed by atoms with Gasteiger partial charge in [-0.25, -0.2) is 4.79 Å². The number of carbonyl (C=O) groups excluding carboxylic acids is 4. The Bertz CT molecular complexity index is 1270. The third kappa shape index (κ3) is 5.89. The molecule has 37 heavy (non-hydrogen) atoms. The molecule has 8 nitrogen and oxygen atoms in total. The molecule has 5 rings (SSSR count). The number of nitrogens with one attached hydrogen (secondary N) is 2. The number of piperidine rings is 1. The fraction of sp³-hybridized carbons (Fsp3) is 0.444. The van der Waals surface area contributed by atoms with Gasteiger partial charge in [0.2, 0.25) is 6.41 Å². The number of ketones is 2. The minimum atomic E-state index is -0.207. The molecule has 3 aliphatic rings. The van der Waals surface area contributed by atoms with Crippen LogP contribution in [-0.2, 0) is 11.2 Å². The molecule has 2 aromatic rings. The lowest BCUT2D eigenvalue weighted by molar-refractivity contribution is -0.119. The molecule has 10 heteroatoms. The fourth-order valence-corrected chi connectivity index (χ4v) is 7.61. The van der Waals surface area contributed by atoms with Gasteiger partial charge in [-0.15, -0.1) is 23.1 Å². The van der Waals surface area contributed by atoms with Crippen LogP contribution in [-0.4, -0.2) is 53.3 Å². The van der Waals surface area contributed by atoms with E-state index in [0.29, 0.717) is 30.5 Å².